The summed E-state index contributed by atoms with van der Waals surface area (Å²) < 4.78 is 10.0. The third-order valence-corrected chi connectivity index (χ3v) is 3.41. The predicted octanol–water partition coefficient (Wildman–Crippen LogP) is 1.50. The highest BCUT2D eigenvalue weighted by atomic mass is 16.6. The molecule has 0 amide bonds. The lowest BCUT2D eigenvalue weighted by molar-refractivity contribution is -0.169. The van der Waals surface area contributed by atoms with Crippen LogP contribution in [0.3, 0.4) is 0 Å². The van der Waals surface area contributed by atoms with Gasteiger partial charge in [-0.1, -0.05) is 0 Å². The minimum atomic E-state index is -1.43. The molecule has 8 heteroatoms. The maximum absolute atomic E-state index is 12.2. The number of hydrogen-bond acceptors (Lipinski definition) is 7. The summed E-state index contributed by atoms with van der Waals surface area (Å²) in [4.78, 5) is 24.4. The van der Waals surface area contributed by atoms with Gasteiger partial charge in [0, 0.05) is 12.2 Å². The number of ether oxygens (including phenoxy) is 2. The van der Waals surface area contributed by atoms with Crippen LogP contribution in [0.5, 0.6) is 0 Å². The Kier molecular flexibility index (Phi) is 5.15. The van der Waals surface area contributed by atoms with Crippen LogP contribution < -0.4 is 5.32 Å². The van der Waals surface area contributed by atoms with E-state index in [0.29, 0.717) is 11.2 Å². The van der Waals surface area contributed by atoms with Crippen LogP contribution in [0, 0.1) is 5.41 Å². The number of fused-ring (bicyclic) bond motifs is 1. The van der Waals surface area contributed by atoms with Crippen molar-refractivity contribution in [3.05, 3.63) is 18.2 Å². The molecule has 1 aromatic carbocycles. The third-order valence-electron chi connectivity index (χ3n) is 3.41. The highest BCUT2D eigenvalue weighted by Gasteiger charge is 2.44. The molecule has 8 nitrogen and oxygen atoms in total. The first-order valence-electron chi connectivity index (χ1n) is 7.40. The third kappa shape index (κ3) is 3.58. The number of benzene rings is 1. The lowest BCUT2D eigenvalue weighted by atomic mass is 9.90. The van der Waals surface area contributed by atoms with E-state index in [4.69, 9.17) is 9.47 Å². The smallest absolute Gasteiger partial charge is 0.325 e. The second-order valence-electron chi connectivity index (χ2n) is 5.15. The topological polar surface area (TPSA) is 106 Å². The molecule has 0 saturated carbocycles. The van der Waals surface area contributed by atoms with E-state index in [1.165, 1.54) is 6.92 Å². The van der Waals surface area contributed by atoms with Gasteiger partial charge in [0.25, 0.3) is 0 Å². The molecule has 1 aromatic heterocycles. The highest BCUT2D eigenvalue weighted by molar-refractivity contribution is 6.00. The zero-order valence-corrected chi connectivity index (χ0v) is 13.4. The Labute approximate surface area is 133 Å². The molecule has 23 heavy (non-hydrogen) atoms. The van der Waals surface area contributed by atoms with Gasteiger partial charge in [-0.25, -0.2) is 0 Å². The Morgan fingerprint density at radius 2 is 1.74 bits per heavy atom. The van der Waals surface area contributed by atoms with E-state index >= 15 is 0 Å². The van der Waals surface area contributed by atoms with Gasteiger partial charge in [0.15, 0.2) is 5.41 Å². The quantitative estimate of drug-likeness (QED) is 0.588. The Morgan fingerprint density at radius 1 is 1.13 bits per heavy atom. The summed E-state index contributed by atoms with van der Waals surface area (Å²) in [5.74, 6) is -1.23. The number of H-pyrrole nitrogens is 1. The van der Waals surface area contributed by atoms with E-state index in [1.807, 2.05) is 0 Å². The fraction of sp³-hybridized carbons (Fsp3) is 0.467. The number of aromatic amines is 1. The number of aromatic nitrogens is 3. The van der Waals surface area contributed by atoms with Gasteiger partial charge in [-0.05, 0) is 39.0 Å². The zero-order chi connectivity index (χ0) is 16.9. The van der Waals surface area contributed by atoms with Crippen LogP contribution in [0.25, 0.3) is 11.0 Å². The number of rotatable bonds is 7. The van der Waals surface area contributed by atoms with Gasteiger partial charge in [-0.2, -0.15) is 15.4 Å². The van der Waals surface area contributed by atoms with Gasteiger partial charge < -0.3 is 14.8 Å². The number of nitrogens with zero attached hydrogens (tertiary/aromatic N) is 2. The summed E-state index contributed by atoms with van der Waals surface area (Å²) in [5.41, 5.74) is 0.703. The molecule has 0 bridgehead atoms. The van der Waals surface area contributed by atoms with E-state index < -0.39 is 17.4 Å². The van der Waals surface area contributed by atoms with Crippen molar-refractivity contribution in [1.82, 2.24) is 15.4 Å². The van der Waals surface area contributed by atoms with Crippen LogP contribution in [0.4, 0.5) is 5.69 Å². The Hall–Kier alpha value is -2.64. The Morgan fingerprint density at radius 3 is 2.35 bits per heavy atom. The lowest BCUT2D eigenvalue weighted by Crippen LogP contribution is -2.44. The normalized spacial score (nSPS) is 11.3. The largest absolute Gasteiger partial charge is 0.465 e. The molecule has 2 rings (SSSR count). The van der Waals surface area contributed by atoms with Crippen molar-refractivity contribution in [2.75, 3.05) is 25.1 Å². The fourth-order valence-corrected chi connectivity index (χ4v) is 2.04. The molecule has 1 heterocycles. The van der Waals surface area contributed by atoms with E-state index in [1.54, 1.807) is 32.0 Å². The van der Waals surface area contributed by atoms with Gasteiger partial charge >= 0.3 is 11.9 Å². The number of nitrogens with one attached hydrogen (secondary N) is 2. The van der Waals surface area contributed by atoms with Gasteiger partial charge in [0.05, 0.1) is 13.2 Å². The van der Waals surface area contributed by atoms with E-state index in [0.717, 1.165) is 5.52 Å². The molecule has 2 N–H and O–H groups in total. The van der Waals surface area contributed by atoms with Gasteiger partial charge in [-0.15, -0.1) is 0 Å². The van der Waals surface area contributed by atoms with Crippen molar-refractivity contribution >= 4 is 28.7 Å². The van der Waals surface area contributed by atoms with Crippen molar-refractivity contribution in [3.8, 4) is 0 Å². The summed E-state index contributed by atoms with van der Waals surface area (Å²) in [7, 11) is 0. The summed E-state index contributed by atoms with van der Waals surface area (Å²) in [5, 5.41) is 13.5. The fourth-order valence-electron chi connectivity index (χ4n) is 2.04. The number of hydrogen-bond donors (Lipinski definition) is 2. The van der Waals surface area contributed by atoms with Crippen molar-refractivity contribution in [3.63, 3.8) is 0 Å². The van der Waals surface area contributed by atoms with Crippen molar-refractivity contribution < 1.29 is 19.1 Å². The first kappa shape index (κ1) is 16.7. The molecular weight excluding hydrogens is 300 g/mol. The molecule has 124 valence electrons. The van der Waals surface area contributed by atoms with Crippen LogP contribution in [0.1, 0.15) is 20.8 Å². The number of carbonyl (C=O) groups excluding carboxylic acids is 2. The summed E-state index contributed by atoms with van der Waals surface area (Å²) in [6, 6.07) is 5.35. The average molecular weight is 320 g/mol. The first-order valence-corrected chi connectivity index (χ1v) is 7.40. The molecular formula is C15H20N4O4. The summed E-state index contributed by atoms with van der Waals surface area (Å²) in [6.07, 6.45) is 0. The highest BCUT2D eigenvalue weighted by Crippen LogP contribution is 2.23. The molecule has 2 aromatic rings. The number of esters is 2. The Balaban J connectivity index is 2.16. The minimum Gasteiger partial charge on any atom is -0.465 e. The van der Waals surface area contributed by atoms with E-state index in [-0.39, 0.29) is 19.8 Å². The van der Waals surface area contributed by atoms with Gasteiger partial charge in [0.2, 0.25) is 0 Å². The van der Waals surface area contributed by atoms with Crippen molar-refractivity contribution in [2.24, 2.45) is 5.41 Å². The van der Waals surface area contributed by atoms with Crippen LogP contribution >= 0.6 is 0 Å². The predicted molar refractivity (Wildman–Crippen MR) is 83.8 cm³/mol. The van der Waals surface area contributed by atoms with Crippen LogP contribution in [-0.4, -0.2) is 47.1 Å². The monoisotopic (exact) mass is 320 g/mol. The van der Waals surface area contributed by atoms with E-state index in [2.05, 4.69) is 20.7 Å². The minimum absolute atomic E-state index is 0.0496. The molecule has 0 fully saturated rings. The van der Waals surface area contributed by atoms with Gasteiger partial charge in [0.1, 0.15) is 11.0 Å². The molecule has 0 atom stereocenters. The maximum atomic E-state index is 12.2. The van der Waals surface area contributed by atoms with Crippen LogP contribution in [-0.2, 0) is 19.1 Å². The summed E-state index contributed by atoms with van der Waals surface area (Å²) in [6.45, 7) is 5.32. The zero-order valence-electron chi connectivity index (χ0n) is 13.4. The molecule has 0 saturated heterocycles. The Bertz CT molecular complexity index is 680. The van der Waals surface area contributed by atoms with Crippen molar-refractivity contribution in [1.29, 1.82) is 0 Å². The molecule has 0 aliphatic heterocycles. The second-order valence-corrected chi connectivity index (χ2v) is 5.15. The van der Waals surface area contributed by atoms with Crippen LogP contribution in [0.2, 0.25) is 0 Å². The lowest BCUT2D eigenvalue weighted by Gasteiger charge is -2.25. The standard InChI is InChI=1S/C15H20N4O4/c1-4-22-13(20)15(3,14(21)23-5-2)9-16-10-6-7-11-12(8-10)18-19-17-11/h6-8,16H,4-5,9H2,1-3H3,(H,17,18,19). The second kappa shape index (κ2) is 7.08. The maximum Gasteiger partial charge on any atom is 0.325 e. The first-order chi connectivity index (χ1) is 11.0. The number of carbonyl (C=O) groups is 2. The molecule has 0 unspecified atom stereocenters. The molecule has 0 aliphatic carbocycles. The number of anilines is 1. The van der Waals surface area contributed by atoms with Crippen LogP contribution in [0.15, 0.2) is 18.2 Å². The average Bonchev–Trinajstić information content (AvgIpc) is 3.00. The molecule has 0 aliphatic rings. The molecule has 0 radical (unpaired) electrons. The SMILES string of the molecule is CCOC(=O)C(C)(CNc1ccc2n[nH]nc2c1)C(=O)OCC. The molecule has 0 spiro atoms. The summed E-state index contributed by atoms with van der Waals surface area (Å²) >= 11 is 0. The van der Waals surface area contributed by atoms with Crippen molar-refractivity contribution in [2.45, 2.75) is 20.8 Å². The van der Waals surface area contributed by atoms with Gasteiger partial charge in [-0.3, -0.25) is 9.59 Å². The van der Waals surface area contributed by atoms with E-state index in [9.17, 15) is 9.59 Å².